The number of imidazole rings is 1. The largest absolute Gasteiger partial charge is 0.334 e. The Morgan fingerprint density at radius 1 is 1.61 bits per heavy atom. The predicted molar refractivity (Wildman–Crippen MR) is 64.9 cm³/mol. The fourth-order valence-corrected chi connectivity index (χ4v) is 1.98. The van der Waals surface area contributed by atoms with Crippen molar-refractivity contribution in [2.45, 2.75) is 19.5 Å². The average Bonchev–Trinajstić information content (AvgIpc) is 2.93. The lowest BCUT2D eigenvalue weighted by atomic mass is 10.3. The number of carbonyl (C=O) groups excluding carboxylic acids is 1. The van der Waals surface area contributed by atoms with Crippen molar-refractivity contribution in [2.75, 3.05) is 5.32 Å². The summed E-state index contributed by atoms with van der Waals surface area (Å²) in [6, 6.07) is 1.90. The SMILES string of the molecule is Cc1cc2c(ncn2C)c(NC(=O)C2CC2F)n1. The predicted octanol–water partition coefficient (Wildman–Crippen LogP) is 1.57. The minimum Gasteiger partial charge on any atom is -0.334 e. The highest BCUT2D eigenvalue weighted by atomic mass is 19.1. The van der Waals surface area contributed by atoms with Crippen LogP contribution in [0.3, 0.4) is 0 Å². The molecule has 2 unspecified atom stereocenters. The van der Waals surface area contributed by atoms with Crippen LogP contribution in [0.25, 0.3) is 11.0 Å². The van der Waals surface area contributed by atoms with Crippen LogP contribution in [-0.4, -0.2) is 26.6 Å². The van der Waals surface area contributed by atoms with Gasteiger partial charge in [-0.1, -0.05) is 0 Å². The Bertz CT molecular complexity index is 636. The molecule has 0 saturated heterocycles. The van der Waals surface area contributed by atoms with Crippen molar-refractivity contribution in [1.29, 1.82) is 0 Å². The summed E-state index contributed by atoms with van der Waals surface area (Å²) in [4.78, 5) is 20.2. The van der Waals surface area contributed by atoms with Crippen molar-refractivity contribution in [3.8, 4) is 0 Å². The van der Waals surface area contributed by atoms with Gasteiger partial charge in [-0.25, -0.2) is 14.4 Å². The zero-order valence-electron chi connectivity index (χ0n) is 10.1. The Labute approximate surface area is 103 Å². The Hall–Kier alpha value is -1.98. The molecule has 0 bridgehead atoms. The standard InChI is InChI=1S/C12H13FN4O/c1-6-3-9-10(14-5-17(9)2)11(15-6)16-12(18)7-4-8(7)13/h3,5,7-8H,4H2,1-2H3,(H,15,16,18). The molecule has 2 heterocycles. The van der Waals surface area contributed by atoms with Crippen molar-refractivity contribution in [3.05, 3.63) is 18.1 Å². The molecule has 0 spiro atoms. The Balaban J connectivity index is 1.98. The molecule has 18 heavy (non-hydrogen) atoms. The summed E-state index contributed by atoms with van der Waals surface area (Å²) in [5.41, 5.74) is 2.31. The Morgan fingerprint density at radius 2 is 2.33 bits per heavy atom. The summed E-state index contributed by atoms with van der Waals surface area (Å²) in [6.07, 6.45) is 0.966. The van der Waals surface area contributed by atoms with Crippen LogP contribution in [0.2, 0.25) is 0 Å². The van der Waals surface area contributed by atoms with Crippen molar-refractivity contribution >= 4 is 22.8 Å². The minimum absolute atomic E-state index is 0.309. The number of amides is 1. The van der Waals surface area contributed by atoms with Crippen molar-refractivity contribution in [2.24, 2.45) is 13.0 Å². The number of anilines is 1. The Morgan fingerprint density at radius 3 is 3.00 bits per heavy atom. The number of hydrogen-bond acceptors (Lipinski definition) is 3. The molecule has 6 heteroatoms. The molecule has 1 aliphatic carbocycles. The number of aryl methyl sites for hydroxylation is 2. The maximum absolute atomic E-state index is 12.8. The lowest BCUT2D eigenvalue weighted by Gasteiger charge is -2.06. The van der Waals surface area contributed by atoms with Crippen molar-refractivity contribution in [1.82, 2.24) is 14.5 Å². The quantitative estimate of drug-likeness (QED) is 0.877. The summed E-state index contributed by atoms with van der Waals surface area (Å²) < 4.78 is 14.7. The number of nitrogens with one attached hydrogen (secondary N) is 1. The van der Waals surface area contributed by atoms with E-state index in [1.807, 2.05) is 24.6 Å². The zero-order chi connectivity index (χ0) is 12.9. The van der Waals surface area contributed by atoms with E-state index in [0.717, 1.165) is 11.2 Å². The van der Waals surface area contributed by atoms with E-state index in [-0.39, 0.29) is 5.91 Å². The van der Waals surface area contributed by atoms with Crippen LogP contribution in [0.15, 0.2) is 12.4 Å². The van der Waals surface area contributed by atoms with Gasteiger partial charge in [0.1, 0.15) is 11.7 Å². The van der Waals surface area contributed by atoms with E-state index in [9.17, 15) is 9.18 Å². The summed E-state index contributed by atoms with van der Waals surface area (Å²) in [5.74, 6) is -0.423. The van der Waals surface area contributed by atoms with Gasteiger partial charge in [-0.15, -0.1) is 0 Å². The number of pyridine rings is 1. The van der Waals surface area contributed by atoms with Crippen LogP contribution in [-0.2, 0) is 11.8 Å². The first-order valence-corrected chi connectivity index (χ1v) is 5.80. The fraction of sp³-hybridized carbons (Fsp3) is 0.417. The smallest absolute Gasteiger partial charge is 0.231 e. The van der Waals surface area contributed by atoms with Crippen LogP contribution in [0.5, 0.6) is 0 Å². The number of hydrogen-bond donors (Lipinski definition) is 1. The summed E-state index contributed by atoms with van der Waals surface area (Å²) in [6.45, 7) is 1.84. The maximum Gasteiger partial charge on any atom is 0.231 e. The number of halogens is 1. The van der Waals surface area contributed by atoms with E-state index in [1.54, 1.807) is 6.33 Å². The van der Waals surface area contributed by atoms with Crippen LogP contribution in [0.1, 0.15) is 12.1 Å². The van der Waals surface area contributed by atoms with Crippen molar-refractivity contribution in [3.63, 3.8) is 0 Å². The highest BCUT2D eigenvalue weighted by molar-refractivity contribution is 6.00. The van der Waals surface area contributed by atoms with Gasteiger partial charge in [-0.3, -0.25) is 4.79 Å². The molecule has 2 aromatic rings. The average molecular weight is 248 g/mol. The lowest BCUT2D eigenvalue weighted by molar-refractivity contribution is -0.117. The molecule has 1 amide bonds. The first kappa shape index (κ1) is 11.1. The molecule has 0 aromatic carbocycles. The van der Waals surface area contributed by atoms with Gasteiger partial charge in [0, 0.05) is 12.7 Å². The third-order valence-electron chi connectivity index (χ3n) is 3.13. The summed E-state index contributed by atoms with van der Waals surface area (Å²) in [7, 11) is 1.87. The molecular weight excluding hydrogens is 235 g/mol. The van der Waals surface area contributed by atoms with Gasteiger partial charge in [0.25, 0.3) is 0 Å². The van der Waals surface area contributed by atoms with E-state index < -0.39 is 12.1 Å². The number of fused-ring (bicyclic) bond motifs is 1. The molecule has 2 atom stereocenters. The van der Waals surface area contributed by atoms with Gasteiger partial charge in [0.15, 0.2) is 5.82 Å². The number of aromatic nitrogens is 3. The Kier molecular flexibility index (Phi) is 2.33. The van der Waals surface area contributed by atoms with Crippen LogP contribution in [0, 0.1) is 12.8 Å². The molecule has 5 nitrogen and oxygen atoms in total. The molecule has 1 N–H and O–H groups in total. The second-order valence-electron chi connectivity index (χ2n) is 4.68. The summed E-state index contributed by atoms with van der Waals surface area (Å²) >= 11 is 0. The zero-order valence-corrected chi connectivity index (χ0v) is 10.1. The summed E-state index contributed by atoms with van der Waals surface area (Å²) in [5, 5.41) is 2.67. The van der Waals surface area contributed by atoms with E-state index in [0.29, 0.717) is 17.8 Å². The van der Waals surface area contributed by atoms with Gasteiger partial charge >= 0.3 is 0 Å². The molecular formula is C12H13FN4O. The topological polar surface area (TPSA) is 59.8 Å². The van der Waals surface area contributed by atoms with Crippen molar-refractivity contribution < 1.29 is 9.18 Å². The first-order chi connectivity index (χ1) is 8.56. The molecule has 1 saturated carbocycles. The lowest BCUT2D eigenvalue weighted by Crippen LogP contribution is -2.16. The minimum atomic E-state index is -1.01. The molecule has 2 aromatic heterocycles. The van der Waals surface area contributed by atoms with Gasteiger partial charge in [-0.05, 0) is 19.4 Å². The highest BCUT2D eigenvalue weighted by Crippen LogP contribution is 2.35. The number of carbonyl (C=O) groups is 1. The molecule has 94 valence electrons. The maximum atomic E-state index is 12.8. The third-order valence-corrected chi connectivity index (χ3v) is 3.13. The van der Waals surface area contributed by atoms with Gasteiger partial charge in [0.05, 0.1) is 17.8 Å². The normalized spacial score (nSPS) is 22.2. The van der Waals surface area contributed by atoms with Crippen LogP contribution in [0.4, 0.5) is 10.2 Å². The highest BCUT2D eigenvalue weighted by Gasteiger charge is 2.43. The third kappa shape index (κ3) is 1.73. The molecule has 1 aliphatic rings. The molecule has 0 radical (unpaired) electrons. The second-order valence-corrected chi connectivity index (χ2v) is 4.68. The number of alkyl halides is 1. The van der Waals surface area contributed by atoms with E-state index >= 15 is 0 Å². The second kappa shape index (κ2) is 3.76. The molecule has 1 fully saturated rings. The van der Waals surface area contributed by atoms with Gasteiger partial charge in [-0.2, -0.15) is 0 Å². The van der Waals surface area contributed by atoms with Gasteiger partial charge < -0.3 is 9.88 Å². The van der Waals surface area contributed by atoms with Crippen LogP contribution < -0.4 is 5.32 Å². The van der Waals surface area contributed by atoms with Crippen LogP contribution >= 0.6 is 0 Å². The fourth-order valence-electron chi connectivity index (χ4n) is 1.98. The molecule has 3 rings (SSSR count). The first-order valence-electron chi connectivity index (χ1n) is 5.80. The monoisotopic (exact) mass is 248 g/mol. The number of nitrogens with zero attached hydrogens (tertiary/aromatic N) is 3. The van der Waals surface area contributed by atoms with E-state index in [4.69, 9.17) is 0 Å². The van der Waals surface area contributed by atoms with Gasteiger partial charge in [0.2, 0.25) is 5.91 Å². The molecule has 0 aliphatic heterocycles. The van der Waals surface area contributed by atoms with E-state index in [1.165, 1.54) is 0 Å². The number of rotatable bonds is 2. The van der Waals surface area contributed by atoms with E-state index in [2.05, 4.69) is 15.3 Å².